The van der Waals surface area contributed by atoms with E-state index in [-0.39, 0.29) is 24.6 Å². The number of hydrogen-bond donors (Lipinski definition) is 0. The normalized spacial score (nSPS) is 31.5. The van der Waals surface area contributed by atoms with Gasteiger partial charge in [0.15, 0.2) is 6.10 Å². The lowest BCUT2D eigenvalue weighted by atomic mass is 9.94. The zero-order chi connectivity index (χ0) is 17.6. The molecule has 4 atom stereocenters. The summed E-state index contributed by atoms with van der Waals surface area (Å²) in [7, 11) is 0. The molecule has 25 heavy (non-hydrogen) atoms. The fourth-order valence-corrected chi connectivity index (χ4v) is 4.30. The first kappa shape index (κ1) is 16.5. The summed E-state index contributed by atoms with van der Waals surface area (Å²) >= 11 is 0. The second kappa shape index (κ2) is 6.07. The second-order valence-electron chi connectivity index (χ2n) is 7.09. The van der Waals surface area contributed by atoms with Crippen molar-refractivity contribution in [2.24, 2.45) is 11.8 Å². The van der Waals surface area contributed by atoms with Gasteiger partial charge in [-0.3, -0.25) is 0 Å². The van der Waals surface area contributed by atoms with Gasteiger partial charge >= 0.3 is 12.3 Å². The van der Waals surface area contributed by atoms with Crippen LogP contribution in [0, 0.1) is 11.8 Å². The molecule has 3 aliphatic rings. The van der Waals surface area contributed by atoms with Crippen molar-refractivity contribution in [1.29, 1.82) is 0 Å². The molecule has 1 aromatic heterocycles. The minimum atomic E-state index is -4.42. The zero-order valence-electron chi connectivity index (χ0n) is 13.5. The highest BCUT2D eigenvalue weighted by molar-refractivity contribution is 5.70. The van der Waals surface area contributed by atoms with E-state index < -0.39 is 17.8 Å². The van der Waals surface area contributed by atoms with Gasteiger partial charge in [-0.2, -0.15) is 13.2 Å². The number of amides is 1. The van der Waals surface area contributed by atoms with E-state index in [0.717, 1.165) is 24.6 Å². The maximum atomic E-state index is 12.5. The number of pyridine rings is 1. The standard InChI is InChI=1S/C17H19F3N2O3/c18-17(19,20)12-3-4-15(21-7-12)24-9-13-8-22(16(23)25-13)14-6-10-1-2-11(14)5-10/h3-4,7,10-11,13-14H,1-2,5-6,8-9H2/t10?,11?,13-,14?/m1/s1. The summed E-state index contributed by atoms with van der Waals surface area (Å²) in [6, 6.07) is 2.36. The SMILES string of the molecule is O=C1O[C@@H](COc2ccc(C(F)(F)F)cn2)CN1C1CC2CCC1C2. The van der Waals surface area contributed by atoms with Crippen LogP contribution >= 0.6 is 0 Å². The van der Waals surface area contributed by atoms with Crippen molar-refractivity contribution in [3.05, 3.63) is 23.9 Å². The number of hydrogen-bond acceptors (Lipinski definition) is 4. The number of ether oxygens (including phenoxy) is 2. The monoisotopic (exact) mass is 356 g/mol. The third-order valence-corrected chi connectivity index (χ3v) is 5.48. The van der Waals surface area contributed by atoms with Gasteiger partial charge in [0.1, 0.15) is 6.61 Å². The number of alkyl halides is 3. The number of halogens is 3. The Bertz CT molecular complexity index is 650. The highest BCUT2D eigenvalue weighted by Gasteiger charge is 2.47. The Morgan fingerprint density at radius 1 is 1.28 bits per heavy atom. The van der Waals surface area contributed by atoms with Crippen LogP contribution in [0.25, 0.3) is 0 Å². The summed E-state index contributed by atoms with van der Waals surface area (Å²) in [5, 5.41) is 0. The fraction of sp³-hybridized carbons (Fsp3) is 0.647. The molecule has 0 spiro atoms. The number of rotatable bonds is 4. The number of aromatic nitrogens is 1. The summed E-state index contributed by atoms with van der Waals surface area (Å²) in [4.78, 5) is 17.6. The first-order valence-corrected chi connectivity index (χ1v) is 8.53. The first-order valence-electron chi connectivity index (χ1n) is 8.53. The van der Waals surface area contributed by atoms with Crippen LogP contribution in [-0.2, 0) is 10.9 Å². The van der Waals surface area contributed by atoms with Gasteiger partial charge in [0.25, 0.3) is 0 Å². The Labute approximate surface area is 143 Å². The van der Waals surface area contributed by atoms with Gasteiger partial charge in [-0.1, -0.05) is 6.42 Å². The lowest BCUT2D eigenvalue weighted by molar-refractivity contribution is -0.137. The smallest absolute Gasteiger partial charge is 0.417 e. The average Bonchev–Trinajstić information content (AvgIpc) is 3.27. The van der Waals surface area contributed by atoms with E-state index in [1.807, 2.05) is 0 Å². The van der Waals surface area contributed by atoms with Gasteiger partial charge in [0.2, 0.25) is 5.88 Å². The van der Waals surface area contributed by atoms with Gasteiger partial charge in [-0.05, 0) is 37.2 Å². The van der Waals surface area contributed by atoms with Crippen LogP contribution in [-0.4, -0.2) is 41.3 Å². The van der Waals surface area contributed by atoms with Gasteiger partial charge < -0.3 is 14.4 Å². The molecule has 0 N–H and O–H groups in total. The highest BCUT2D eigenvalue weighted by atomic mass is 19.4. The maximum absolute atomic E-state index is 12.5. The molecule has 0 radical (unpaired) electrons. The highest BCUT2D eigenvalue weighted by Crippen LogP contribution is 2.47. The van der Waals surface area contributed by atoms with E-state index in [1.165, 1.54) is 25.3 Å². The van der Waals surface area contributed by atoms with Crippen molar-refractivity contribution in [1.82, 2.24) is 9.88 Å². The largest absolute Gasteiger partial charge is 0.474 e. The van der Waals surface area contributed by atoms with Crippen molar-refractivity contribution in [3.63, 3.8) is 0 Å². The van der Waals surface area contributed by atoms with Gasteiger partial charge in [-0.15, -0.1) is 0 Å². The molecule has 136 valence electrons. The third-order valence-electron chi connectivity index (χ3n) is 5.48. The summed E-state index contributed by atoms with van der Waals surface area (Å²) in [5.74, 6) is 1.39. The molecule has 3 unspecified atom stereocenters. The van der Waals surface area contributed by atoms with Crippen molar-refractivity contribution in [3.8, 4) is 5.88 Å². The molecule has 2 bridgehead atoms. The molecule has 4 rings (SSSR count). The maximum Gasteiger partial charge on any atom is 0.417 e. The Hall–Kier alpha value is -1.99. The van der Waals surface area contributed by atoms with Crippen molar-refractivity contribution < 1.29 is 27.4 Å². The molecule has 3 fully saturated rings. The minimum Gasteiger partial charge on any atom is -0.474 e. The Balaban J connectivity index is 1.31. The Kier molecular flexibility index (Phi) is 4.00. The molecular formula is C17H19F3N2O3. The minimum absolute atomic E-state index is 0.0847. The number of carbonyl (C=O) groups excluding carboxylic acids is 1. The fourth-order valence-electron chi connectivity index (χ4n) is 4.30. The van der Waals surface area contributed by atoms with Crippen LogP contribution in [0.4, 0.5) is 18.0 Å². The van der Waals surface area contributed by atoms with Crippen LogP contribution in [0.2, 0.25) is 0 Å². The zero-order valence-corrected chi connectivity index (χ0v) is 13.5. The Morgan fingerprint density at radius 2 is 2.12 bits per heavy atom. The molecule has 2 aliphatic carbocycles. The first-order chi connectivity index (χ1) is 11.9. The average molecular weight is 356 g/mol. The summed E-state index contributed by atoms with van der Waals surface area (Å²) in [6.45, 7) is 0.550. The number of carbonyl (C=O) groups is 1. The van der Waals surface area contributed by atoms with Crippen molar-refractivity contribution in [2.45, 2.75) is 44.0 Å². The molecule has 1 aromatic rings. The van der Waals surface area contributed by atoms with Gasteiger partial charge in [0.05, 0.1) is 12.1 Å². The van der Waals surface area contributed by atoms with E-state index in [1.54, 1.807) is 4.90 Å². The molecule has 1 saturated heterocycles. The van der Waals surface area contributed by atoms with Crippen LogP contribution in [0.5, 0.6) is 5.88 Å². The lowest BCUT2D eigenvalue weighted by Gasteiger charge is -2.29. The second-order valence-corrected chi connectivity index (χ2v) is 7.09. The number of fused-ring (bicyclic) bond motifs is 2. The van der Waals surface area contributed by atoms with Crippen molar-refractivity contribution >= 4 is 6.09 Å². The lowest BCUT2D eigenvalue weighted by Crippen LogP contribution is -2.40. The van der Waals surface area contributed by atoms with Crippen LogP contribution < -0.4 is 4.74 Å². The van der Waals surface area contributed by atoms with E-state index in [0.29, 0.717) is 12.5 Å². The van der Waals surface area contributed by atoms with Gasteiger partial charge in [-0.25, -0.2) is 9.78 Å². The van der Waals surface area contributed by atoms with E-state index in [9.17, 15) is 18.0 Å². The quantitative estimate of drug-likeness (QED) is 0.829. The molecule has 8 heteroatoms. The predicted molar refractivity (Wildman–Crippen MR) is 80.9 cm³/mol. The molecule has 2 saturated carbocycles. The molecule has 2 heterocycles. The van der Waals surface area contributed by atoms with Crippen molar-refractivity contribution in [2.75, 3.05) is 13.2 Å². The summed E-state index contributed by atoms with van der Waals surface area (Å²) in [5.41, 5.74) is -0.824. The molecule has 0 aromatic carbocycles. The topological polar surface area (TPSA) is 51.7 Å². The number of nitrogens with zero attached hydrogens (tertiary/aromatic N) is 2. The van der Waals surface area contributed by atoms with Gasteiger partial charge in [0, 0.05) is 18.3 Å². The van der Waals surface area contributed by atoms with E-state index >= 15 is 0 Å². The predicted octanol–water partition coefficient (Wildman–Crippen LogP) is 3.49. The molecule has 1 amide bonds. The van der Waals surface area contributed by atoms with E-state index in [4.69, 9.17) is 9.47 Å². The van der Waals surface area contributed by atoms with E-state index in [2.05, 4.69) is 4.98 Å². The molecular weight excluding hydrogens is 337 g/mol. The summed E-state index contributed by atoms with van der Waals surface area (Å²) in [6.07, 6.45) is 0.262. The van der Waals surface area contributed by atoms with Crippen LogP contribution in [0.15, 0.2) is 18.3 Å². The molecule has 5 nitrogen and oxygen atoms in total. The number of cyclic esters (lactones) is 1. The molecule has 1 aliphatic heterocycles. The third kappa shape index (κ3) is 3.26. The Morgan fingerprint density at radius 3 is 2.72 bits per heavy atom. The summed E-state index contributed by atoms with van der Waals surface area (Å²) < 4.78 is 48.3. The van der Waals surface area contributed by atoms with Crippen LogP contribution in [0.1, 0.15) is 31.2 Å². The van der Waals surface area contributed by atoms with Crippen LogP contribution in [0.3, 0.4) is 0 Å².